The van der Waals surface area contributed by atoms with Crippen LogP contribution in [0.3, 0.4) is 0 Å². The largest absolute Gasteiger partial charge is 0.349 e. The van der Waals surface area contributed by atoms with Crippen molar-refractivity contribution < 1.29 is 4.79 Å². The average molecular weight is 203 g/mol. The van der Waals surface area contributed by atoms with Crippen molar-refractivity contribution in [1.29, 1.82) is 0 Å². The smallest absolute Gasteiger partial charge is 0.251 e. The average Bonchev–Trinajstić information content (AvgIpc) is 2.28. The molecule has 1 aromatic rings. The van der Waals surface area contributed by atoms with Crippen LogP contribution in [0.4, 0.5) is 0 Å². The summed E-state index contributed by atoms with van der Waals surface area (Å²) < 4.78 is 0. The van der Waals surface area contributed by atoms with Crippen LogP contribution in [0.5, 0.6) is 0 Å². The lowest BCUT2D eigenvalue weighted by molar-refractivity contribution is 0.0909. The second-order valence-electron chi connectivity index (χ2n) is 4.33. The molecule has 0 radical (unpaired) electrons. The van der Waals surface area contributed by atoms with Crippen LogP contribution < -0.4 is 5.32 Å². The van der Waals surface area contributed by atoms with Crippen LogP contribution >= 0.6 is 0 Å². The van der Waals surface area contributed by atoms with Crippen LogP contribution in [0, 0.1) is 5.92 Å². The van der Waals surface area contributed by atoms with Crippen molar-refractivity contribution >= 4 is 5.91 Å². The van der Waals surface area contributed by atoms with Gasteiger partial charge in [-0.25, -0.2) is 0 Å². The number of carbonyl (C=O) groups excluding carboxylic acids is 1. The molecular weight excluding hydrogens is 186 g/mol. The van der Waals surface area contributed by atoms with Crippen LogP contribution in [0.2, 0.25) is 0 Å². The van der Waals surface area contributed by atoms with E-state index in [1.807, 2.05) is 18.2 Å². The van der Waals surface area contributed by atoms with E-state index in [0.29, 0.717) is 12.0 Å². The first-order chi connectivity index (χ1) is 7.22. The fourth-order valence-corrected chi connectivity index (χ4v) is 2.08. The Bertz CT molecular complexity index is 373. The van der Waals surface area contributed by atoms with Gasteiger partial charge in [0.2, 0.25) is 0 Å². The summed E-state index contributed by atoms with van der Waals surface area (Å²) in [5, 5.41) is 3.08. The van der Waals surface area contributed by atoms with E-state index < -0.39 is 0 Å². The van der Waals surface area contributed by atoms with Gasteiger partial charge in [0.15, 0.2) is 0 Å². The highest BCUT2D eigenvalue weighted by atomic mass is 16.1. The van der Waals surface area contributed by atoms with Crippen LogP contribution in [-0.4, -0.2) is 11.9 Å². The van der Waals surface area contributed by atoms with Gasteiger partial charge in [0.25, 0.3) is 5.91 Å². The molecule has 0 saturated heterocycles. The number of fused-ring (bicyclic) bond motifs is 1. The predicted octanol–water partition coefficient (Wildman–Crippen LogP) is 2.39. The van der Waals surface area contributed by atoms with E-state index in [1.54, 1.807) is 0 Å². The summed E-state index contributed by atoms with van der Waals surface area (Å²) in [5.74, 6) is 0.629. The van der Waals surface area contributed by atoms with Crippen molar-refractivity contribution in [2.45, 2.75) is 32.7 Å². The molecule has 1 N–H and O–H groups in total. The highest BCUT2D eigenvalue weighted by molar-refractivity contribution is 5.97. The van der Waals surface area contributed by atoms with Crippen molar-refractivity contribution in [3.63, 3.8) is 0 Å². The number of hydrogen-bond donors (Lipinski definition) is 1. The van der Waals surface area contributed by atoms with E-state index in [-0.39, 0.29) is 5.91 Å². The maximum atomic E-state index is 11.8. The summed E-state index contributed by atoms with van der Waals surface area (Å²) in [6, 6.07) is 8.19. The van der Waals surface area contributed by atoms with Crippen LogP contribution in [-0.2, 0) is 6.42 Å². The van der Waals surface area contributed by atoms with Crippen molar-refractivity contribution in [3.05, 3.63) is 35.4 Å². The Labute approximate surface area is 90.7 Å². The minimum absolute atomic E-state index is 0.0853. The van der Waals surface area contributed by atoms with Gasteiger partial charge in [-0.1, -0.05) is 38.5 Å². The number of hydrogen-bond acceptors (Lipinski definition) is 1. The van der Waals surface area contributed by atoms with E-state index in [4.69, 9.17) is 0 Å². The van der Waals surface area contributed by atoms with Crippen LogP contribution in [0.25, 0.3) is 0 Å². The molecule has 2 rings (SSSR count). The quantitative estimate of drug-likeness (QED) is 0.785. The number of amides is 1. The van der Waals surface area contributed by atoms with E-state index in [0.717, 1.165) is 18.4 Å². The molecule has 0 saturated carbocycles. The monoisotopic (exact) mass is 203 g/mol. The third-order valence-corrected chi connectivity index (χ3v) is 3.35. The lowest BCUT2D eigenvalue weighted by Crippen LogP contribution is -2.44. The van der Waals surface area contributed by atoms with E-state index in [2.05, 4.69) is 25.2 Å². The van der Waals surface area contributed by atoms with Gasteiger partial charge < -0.3 is 5.32 Å². The Hall–Kier alpha value is -1.31. The molecule has 0 fully saturated rings. The lowest BCUT2D eigenvalue weighted by atomic mass is 9.87. The SMILES string of the molecule is CC[C@H](C)[C@@H]1Cc2ccccc2C(=O)N1. The summed E-state index contributed by atoms with van der Waals surface area (Å²) in [5.41, 5.74) is 2.03. The summed E-state index contributed by atoms with van der Waals surface area (Å²) in [7, 11) is 0. The van der Waals surface area contributed by atoms with Crippen molar-refractivity contribution in [1.82, 2.24) is 5.32 Å². The first-order valence-electron chi connectivity index (χ1n) is 5.61. The van der Waals surface area contributed by atoms with Gasteiger partial charge in [0.1, 0.15) is 0 Å². The highest BCUT2D eigenvalue weighted by Gasteiger charge is 2.26. The first-order valence-corrected chi connectivity index (χ1v) is 5.61. The zero-order chi connectivity index (χ0) is 10.8. The van der Waals surface area contributed by atoms with Crippen LogP contribution in [0.15, 0.2) is 24.3 Å². The highest BCUT2D eigenvalue weighted by Crippen LogP contribution is 2.21. The third kappa shape index (κ3) is 1.89. The van der Waals surface area contributed by atoms with E-state index in [9.17, 15) is 4.79 Å². The molecule has 0 unspecified atom stereocenters. The standard InChI is InChI=1S/C13H17NO/c1-3-9(2)12-8-10-6-4-5-7-11(10)13(15)14-12/h4-7,9,12H,3,8H2,1-2H3,(H,14,15)/t9-,12-/m0/s1. The fraction of sp³-hybridized carbons (Fsp3) is 0.462. The predicted molar refractivity (Wildman–Crippen MR) is 60.9 cm³/mol. The Morgan fingerprint density at radius 1 is 1.47 bits per heavy atom. The number of rotatable bonds is 2. The van der Waals surface area contributed by atoms with Crippen molar-refractivity contribution in [2.24, 2.45) is 5.92 Å². The van der Waals surface area contributed by atoms with Gasteiger partial charge in [-0.2, -0.15) is 0 Å². The Morgan fingerprint density at radius 2 is 2.20 bits per heavy atom. The second kappa shape index (κ2) is 4.05. The number of benzene rings is 1. The summed E-state index contributed by atoms with van der Waals surface area (Å²) in [6.07, 6.45) is 2.07. The molecule has 1 aliphatic heterocycles. The molecule has 0 bridgehead atoms. The molecule has 1 aromatic carbocycles. The minimum Gasteiger partial charge on any atom is -0.349 e. The summed E-state index contributed by atoms with van der Waals surface area (Å²) in [6.45, 7) is 4.36. The van der Waals surface area contributed by atoms with Gasteiger partial charge in [-0.15, -0.1) is 0 Å². The van der Waals surface area contributed by atoms with E-state index >= 15 is 0 Å². The van der Waals surface area contributed by atoms with Gasteiger partial charge in [-0.05, 0) is 24.0 Å². The van der Waals surface area contributed by atoms with Gasteiger partial charge in [0, 0.05) is 11.6 Å². The molecule has 0 aromatic heterocycles. The minimum atomic E-state index is 0.0853. The molecule has 80 valence electrons. The normalized spacial score (nSPS) is 21.7. The maximum absolute atomic E-state index is 11.8. The summed E-state index contributed by atoms with van der Waals surface area (Å²) in [4.78, 5) is 11.8. The maximum Gasteiger partial charge on any atom is 0.251 e. The fourth-order valence-electron chi connectivity index (χ4n) is 2.08. The molecule has 2 atom stereocenters. The molecule has 1 aliphatic rings. The summed E-state index contributed by atoms with van der Waals surface area (Å²) >= 11 is 0. The third-order valence-electron chi connectivity index (χ3n) is 3.35. The zero-order valence-electron chi connectivity index (χ0n) is 9.29. The van der Waals surface area contributed by atoms with Crippen LogP contribution in [0.1, 0.15) is 36.2 Å². The molecule has 1 heterocycles. The number of nitrogens with one attached hydrogen (secondary N) is 1. The Kier molecular flexibility index (Phi) is 2.76. The lowest BCUT2D eigenvalue weighted by Gasteiger charge is -2.29. The molecule has 0 spiro atoms. The van der Waals surface area contributed by atoms with Crippen molar-refractivity contribution in [2.75, 3.05) is 0 Å². The van der Waals surface area contributed by atoms with Gasteiger partial charge in [-0.3, -0.25) is 4.79 Å². The number of carbonyl (C=O) groups is 1. The van der Waals surface area contributed by atoms with E-state index in [1.165, 1.54) is 5.56 Å². The van der Waals surface area contributed by atoms with Gasteiger partial charge in [0.05, 0.1) is 0 Å². The topological polar surface area (TPSA) is 29.1 Å². The molecule has 1 amide bonds. The zero-order valence-corrected chi connectivity index (χ0v) is 9.29. The Balaban J connectivity index is 2.26. The van der Waals surface area contributed by atoms with Crippen molar-refractivity contribution in [3.8, 4) is 0 Å². The first kappa shape index (κ1) is 10.2. The molecule has 0 aliphatic carbocycles. The molecule has 2 nitrogen and oxygen atoms in total. The second-order valence-corrected chi connectivity index (χ2v) is 4.33. The molecule has 15 heavy (non-hydrogen) atoms. The van der Waals surface area contributed by atoms with Gasteiger partial charge >= 0.3 is 0 Å². The molecule has 2 heteroatoms. The Morgan fingerprint density at radius 3 is 2.93 bits per heavy atom. The molecular formula is C13H17NO.